The minimum Gasteiger partial charge on any atom is -0.598 e. The van der Waals surface area contributed by atoms with Crippen LogP contribution in [0.4, 0.5) is 0 Å². The molecule has 2 rings (SSSR count). The molecule has 1 heterocycles. The Balaban J connectivity index is 1.89. The van der Waals surface area contributed by atoms with E-state index in [0.717, 1.165) is 11.1 Å². The highest BCUT2D eigenvalue weighted by Crippen LogP contribution is 2.22. The minimum absolute atomic E-state index is 0.177. The van der Waals surface area contributed by atoms with Gasteiger partial charge in [0.2, 0.25) is 0 Å². The SMILES string of the molecule is CC(C)[S+](=O)([O-])NCCNC(=O)c1cccc(-c2ccsc2)c1. The van der Waals surface area contributed by atoms with E-state index in [1.807, 2.05) is 35.0 Å². The molecule has 0 saturated carbocycles. The van der Waals surface area contributed by atoms with Gasteiger partial charge in [-0.15, -0.1) is 4.72 Å². The summed E-state index contributed by atoms with van der Waals surface area (Å²) in [6, 6.07) is 9.36. The van der Waals surface area contributed by atoms with Gasteiger partial charge in [0.15, 0.2) is 0 Å². The Labute approximate surface area is 141 Å². The monoisotopic (exact) mass is 352 g/mol. The summed E-state index contributed by atoms with van der Waals surface area (Å²) in [7, 11) is -3.30. The minimum atomic E-state index is -3.30. The van der Waals surface area contributed by atoms with E-state index in [0.29, 0.717) is 5.56 Å². The highest BCUT2D eigenvalue weighted by Gasteiger charge is 2.19. The molecule has 5 nitrogen and oxygen atoms in total. The van der Waals surface area contributed by atoms with Crippen LogP contribution in [0.5, 0.6) is 0 Å². The van der Waals surface area contributed by atoms with E-state index in [-0.39, 0.29) is 19.0 Å². The van der Waals surface area contributed by atoms with Gasteiger partial charge in [0.25, 0.3) is 5.91 Å². The molecule has 0 aliphatic heterocycles. The Morgan fingerprint density at radius 1 is 1.26 bits per heavy atom. The molecule has 23 heavy (non-hydrogen) atoms. The lowest BCUT2D eigenvalue weighted by molar-refractivity contribution is 0.0954. The molecule has 1 unspecified atom stereocenters. The van der Waals surface area contributed by atoms with Crippen molar-refractivity contribution in [2.75, 3.05) is 13.1 Å². The number of benzene rings is 1. The quantitative estimate of drug-likeness (QED) is 0.594. The molecule has 2 N–H and O–H groups in total. The molecule has 0 radical (unpaired) electrons. The van der Waals surface area contributed by atoms with Gasteiger partial charge in [-0.05, 0) is 53.9 Å². The van der Waals surface area contributed by atoms with Gasteiger partial charge in [-0.25, -0.2) is 0 Å². The molecule has 2 aromatic rings. The number of sulfonamides is 1. The van der Waals surface area contributed by atoms with Gasteiger partial charge < -0.3 is 9.87 Å². The van der Waals surface area contributed by atoms with Crippen molar-refractivity contribution in [1.82, 2.24) is 10.0 Å². The van der Waals surface area contributed by atoms with Crippen LogP contribution in [0.15, 0.2) is 41.1 Å². The molecule has 0 aliphatic rings. The number of amides is 1. The van der Waals surface area contributed by atoms with E-state index in [1.54, 1.807) is 31.3 Å². The van der Waals surface area contributed by atoms with Crippen LogP contribution in [0.1, 0.15) is 24.2 Å². The first-order valence-corrected chi connectivity index (χ1v) is 9.78. The summed E-state index contributed by atoms with van der Waals surface area (Å²) < 4.78 is 25.7. The molecule has 124 valence electrons. The number of carbonyl (C=O) groups is 1. The molecule has 0 spiro atoms. The third kappa shape index (κ3) is 4.97. The zero-order valence-corrected chi connectivity index (χ0v) is 14.7. The Bertz CT molecular complexity index is 699. The Kier molecular flexibility index (Phi) is 6.06. The first-order chi connectivity index (χ1) is 10.9. The number of hydrogen-bond acceptors (Lipinski definition) is 4. The fourth-order valence-electron chi connectivity index (χ4n) is 1.91. The van der Waals surface area contributed by atoms with Gasteiger partial charge in [-0.1, -0.05) is 16.3 Å². The van der Waals surface area contributed by atoms with Gasteiger partial charge >= 0.3 is 0 Å². The fraction of sp³-hybridized carbons (Fsp3) is 0.312. The van der Waals surface area contributed by atoms with Crippen LogP contribution < -0.4 is 10.0 Å². The maximum atomic E-state index is 12.1. The van der Waals surface area contributed by atoms with Crippen molar-refractivity contribution in [2.24, 2.45) is 0 Å². The molecular formula is C16H20N2O3S2. The van der Waals surface area contributed by atoms with Gasteiger partial charge in [-0.2, -0.15) is 11.3 Å². The maximum absolute atomic E-state index is 12.1. The van der Waals surface area contributed by atoms with Crippen molar-refractivity contribution < 1.29 is 13.6 Å². The van der Waals surface area contributed by atoms with Crippen LogP contribution in [0.2, 0.25) is 0 Å². The lowest BCUT2D eigenvalue weighted by Crippen LogP contribution is -2.41. The van der Waals surface area contributed by atoms with Gasteiger partial charge in [0, 0.05) is 12.1 Å². The Morgan fingerprint density at radius 3 is 2.70 bits per heavy atom. The first kappa shape index (κ1) is 17.8. The predicted molar refractivity (Wildman–Crippen MR) is 94.1 cm³/mol. The average molecular weight is 352 g/mol. The Hall–Kier alpha value is -1.54. The summed E-state index contributed by atoms with van der Waals surface area (Å²) in [6.45, 7) is 3.64. The summed E-state index contributed by atoms with van der Waals surface area (Å²) in [4.78, 5) is 12.1. The van der Waals surface area contributed by atoms with Crippen LogP contribution >= 0.6 is 11.3 Å². The lowest BCUT2D eigenvalue weighted by Gasteiger charge is -2.18. The summed E-state index contributed by atoms with van der Waals surface area (Å²) in [5.74, 6) is -0.217. The van der Waals surface area contributed by atoms with E-state index in [9.17, 15) is 13.6 Å². The van der Waals surface area contributed by atoms with Gasteiger partial charge in [-0.3, -0.25) is 4.79 Å². The highest BCUT2D eigenvalue weighted by molar-refractivity contribution is 7.96. The largest absolute Gasteiger partial charge is 0.598 e. The summed E-state index contributed by atoms with van der Waals surface area (Å²) in [6.07, 6.45) is 0. The van der Waals surface area contributed by atoms with Crippen LogP contribution in [0.25, 0.3) is 11.1 Å². The van der Waals surface area contributed by atoms with Crippen molar-refractivity contribution in [2.45, 2.75) is 19.1 Å². The first-order valence-electron chi connectivity index (χ1n) is 7.29. The van der Waals surface area contributed by atoms with E-state index in [4.69, 9.17) is 0 Å². The van der Waals surface area contributed by atoms with Gasteiger partial charge in [0.1, 0.15) is 15.6 Å². The summed E-state index contributed by atoms with van der Waals surface area (Å²) >= 11 is 1.60. The molecule has 0 aliphatic carbocycles. The Morgan fingerprint density at radius 2 is 2.04 bits per heavy atom. The average Bonchev–Trinajstić information content (AvgIpc) is 3.06. The number of carbonyl (C=O) groups excluding carboxylic acids is 1. The number of thiophene rings is 1. The molecule has 0 saturated heterocycles. The lowest BCUT2D eigenvalue weighted by atomic mass is 10.1. The zero-order valence-electron chi connectivity index (χ0n) is 13.1. The van der Waals surface area contributed by atoms with Crippen molar-refractivity contribution in [3.63, 3.8) is 0 Å². The van der Waals surface area contributed by atoms with E-state index < -0.39 is 15.6 Å². The highest BCUT2D eigenvalue weighted by atomic mass is 32.3. The third-order valence-electron chi connectivity index (χ3n) is 3.31. The molecule has 1 atom stereocenters. The van der Waals surface area contributed by atoms with Crippen LogP contribution in [0, 0.1) is 0 Å². The molecule has 7 heteroatoms. The van der Waals surface area contributed by atoms with Gasteiger partial charge in [0.05, 0.1) is 6.54 Å². The second-order valence-electron chi connectivity index (χ2n) is 5.34. The molecule has 1 amide bonds. The molecule has 1 aromatic heterocycles. The standard InChI is InChI=1S/C16H20N2O3S2/c1-12(2)23(20,21)18-8-7-17-16(19)14-5-3-4-13(10-14)15-6-9-22-11-15/h3-6,9-12H,7-8H2,1-2H3,(H2-,17,18,19,20,21). The topological polar surface area (TPSA) is 81.3 Å². The number of rotatable bonds is 7. The molecular weight excluding hydrogens is 332 g/mol. The second-order valence-corrected chi connectivity index (χ2v) is 8.44. The summed E-state index contributed by atoms with van der Waals surface area (Å²) in [5, 5.41) is 6.25. The smallest absolute Gasteiger partial charge is 0.251 e. The van der Waals surface area contributed by atoms with Crippen LogP contribution in [0.3, 0.4) is 0 Å². The van der Waals surface area contributed by atoms with Crippen LogP contribution in [-0.4, -0.2) is 28.8 Å². The summed E-state index contributed by atoms with van der Waals surface area (Å²) in [5.41, 5.74) is 2.62. The second kappa shape index (κ2) is 7.83. The van der Waals surface area contributed by atoms with Crippen molar-refractivity contribution in [3.8, 4) is 11.1 Å². The third-order valence-corrected chi connectivity index (χ3v) is 5.84. The molecule has 1 aromatic carbocycles. The van der Waals surface area contributed by atoms with Crippen molar-refractivity contribution in [1.29, 1.82) is 0 Å². The van der Waals surface area contributed by atoms with E-state index in [1.165, 1.54) is 0 Å². The van der Waals surface area contributed by atoms with Crippen molar-refractivity contribution in [3.05, 3.63) is 46.7 Å². The maximum Gasteiger partial charge on any atom is 0.251 e. The van der Waals surface area contributed by atoms with E-state index >= 15 is 0 Å². The number of nitrogens with one attached hydrogen (secondary N) is 2. The number of hydrogen-bond donors (Lipinski definition) is 2. The van der Waals surface area contributed by atoms with Crippen molar-refractivity contribution >= 4 is 27.6 Å². The van der Waals surface area contributed by atoms with Crippen LogP contribution in [-0.2, 0) is 14.6 Å². The molecule has 0 bridgehead atoms. The predicted octanol–water partition coefficient (Wildman–Crippen LogP) is 2.69. The van der Waals surface area contributed by atoms with E-state index in [2.05, 4.69) is 10.0 Å². The zero-order chi connectivity index (χ0) is 16.9. The normalized spacial score (nSPS) is 13.7. The fourth-order valence-corrected chi connectivity index (χ4v) is 3.29. The molecule has 0 fully saturated rings.